The second kappa shape index (κ2) is 9.36. The number of hydrogen-bond acceptors (Lipinski definition) is 2. The van der Waals surface area contributed by atoms with Crippen LogP contribution in [0.25, 0.3) is 6.08 Å². The number of methoxy groups -OCH3 is 2. The van der Waals surface area contributed by atoms with Gasteiger partial charge in [0, 0.05) is 23.3 Å². The van der Waals surface area contributed by atoms with Gasteiger partial charge < -0.3 is 9.47 Å². The second-order valence-electron chi connectivity index (χ2n) is 5.14. The summed E-state index contributed by atoms with van der Waals surface area (Å²) < 4.78 is 10.6. The minimum Gasteiger partial charge on any atom is -0.497 e. The Kier molecular flexibility index (Phi) is 6.84. The molecule has 0 saturated heterocycles. The zero-order valence-corrected chi connectivity index (χ0v) is 14.5. The molecule has 3 heteroatoms. The predicted molar refractivity (Wildman–Crippen MR) is 101 cm³/mol. The molecular formula is C21H24NO2+. The highest BCUT2D eigenvalue weighted by Crippen LogP contribution is 2.25. The molecule has 124 valence electrons. The fraction of sp³-hybridized carbons (Fsp3) is 0.190. The van der Waals surface area contributed by atoms with Crippen LogP contribution in [0.15, 0.2) is 72.4 Å². The number of allylic oxidation sites excluding steroid dienone is 9. The fourth-order valence-electron chi connectivity index (χ4n) is 2.33. The SMILES string of the molecule is CC[NH+]=C1C=CC=C/C1=C/C=C/C=C/c1ccc(OC)cc1OC. The summed E-state index contributed by atoms with van der Waals surface area (Å²) in [7, 11) is 3.31. The smallest absolute Gasteiger partial charge is 0.205 e. The quantitative estimate of drug-likeness (QED) is 0.817. The highest BCUT2D eigenvalue weighted by Gasteiger charge is 2.07. The molecule has 3 nitrogen and oxygen atoms in total. The van der Waals surface area contributed by atoms with E-state index in [0.29, 0.717) is 0 Å². The van der Waals surface area contributed by atoms with E-state index in [-0.39, 0.29) is 0 Å². The van der Waals surface area contributed by atoms with Gasteiger partial charge in [-0.05, 0) is 31.2 Å². The summed E-state index contributed by atoms with van der Waals surface area (Å²) in [5.41, 5.74) is 3.33. The van der Waals surface area contributed by atoms with Gasteiger partial charge in [0.15, 0.2) is 0 Å². The molecule has 0 fully saturated rings. The van der Waals surface area contributed by atoms with Crippen molar-refractivity contribution in [3.63, 3.8) is 0 Å². The highest BCUT2D eigenvalue weighted by molar-refractivity contribution is 6.07. The van der Waals surface area contributed by atoms with Crippen molar-refractivity contribution in [1.82, 2.24) is 0 Å². The van der Waals surface area contributed by atoms with E-state index in [9.17, 15) is 0 Å². The van der Waals surface area contributed by atoms with Crippen molar-refractivity contribution in [2.75, 3.05) is 20.8 Å². The predicted octanol–water partition coefficient (Wildman–Crippen LogP) is 2.87. The summed E-state index contributed by atoms with van der Waals surface area (Å²) in [6.07, 6.45) is 18.4. The Morgan fingerprint density at radius 2 is 1.83 bits per heavy atom. The average molecular weight is 322 g/mol. The number of ether oxygens (including phenoxy) is 2. The van der Waals surface area contributed by atoms with Crippen LogP contribution in [-0.2, 0) is 0 Å². The van der Waals surface area contributed by atoms with Gasteiger partial charge in [-0.15, -0.1) is 0 Å². The van der Waals surface area contributed by atoms with Gasteiger partial charge in [-0.2, -0.15) is 0 Å². The molecule has 0 bridgehead atoms. The molecule has 1 aromatic rings. The van der Waals surface area contributed by atoms with Crippen LogP contribution in [0, 0.1) is 0 Å². The van der Waals surface area contributed by atoms with Gasteiger partial charge in [0.1, 0.15) is 18.0 Å². The molecule has 0 spiro atoms. The van der Waals surface area contributed by atoms with Crippen molar-refractivity contribution in [3.05, 3.63) is 77.9 Å². The summed E-state index contributed by atoms with van der Waals surface area (Å²) in [4.78, 5) is 3.36. The van der Waals surface area contributed by atoms with Crippen molar-refractivity contribution in [2.24, 2.45) is 0 Å². The zero-order valence-electron chi connectivity index (χ0n) is 14.5. The van der Waals surface area contributed by atoms with E-state index in [1.165, 1.54) is 5.57 Å². The van der Waals surface area contributed by atoms with Crippen LogP contribution in [0.1, 0.15) is 12.5 Å². The molecule has 1 N–H and O–H groups in total. The Morgan fingerprint density at radius 3 is 2.58 bits per heavy atom. The first-order valence-corrected chi connectivity index (χ1v) is 8.01. The van der Waals surface area contributed by atoms with Crippen LogP contribution < -0.4 is 14.5 Å². The van der Waals surface area contributed by atoms with Crippen molar-refractivity contribution >= 4 is 11.8 Å². The van der Waals surface area contributed by atoms with Gasteiger partial charge in [-0.1, -0.05) is 36.5 Å². The molecule has 1 aliphatic carbocycles. The standard InChI is InChI=1S/C21H23NO2/c1-4-22-20-13-9-8-11-17(20)10-6-5-7-12-18-14-15-19(23-2)16-21(18)24-3/h5-16H,4H2,1-3H3/p+1/b6-5+,12-7+,17-10-,22-20?. The van der Waals surface area contributed by atoms with E-state index in [2.05, 4.69) is 30.1 Å². The lowest BCUT2D eigenvalue weighted by molar-refractivity contribution is -0.450. The molecule has 0 unspecified atom stereocenters. The minimum atomic E-state index is 0.785. The van der Waals surface area contributed by atoms with Crippen LogP contribution in [0.5, 0.6) is 11.5 Å². The van der Waals surface area contributed by atoms with Gasteiger partial charge >= 0.3 is 0 Å². The van der Waals surface area contributed by atoms with E-state index in [4.69, 9.17) is 9.47 Å². The molecule has 1 aromatic carbocycles. The van der Waals surface area contributed by atoms with E-state index >= 15 is 0 Å². The second-order valence-corrected chi connectivity index (χ2v) is 5.14. The first kappa shape index (κ1) is 17.5. The van der Waals surface area contributed by atoms with Crippen LogP contribution >= 0.6 is 0 Å². The third-order valence-electron chi connectivity index (χ3n) is 3.54. The van der Waals surface area contributed by atoms with Gasteiger partial charge in [-0.25, -0.2) is 4.99 Å². The van der Waals surface area contributed by atoms with Gasteiger partial charge in [0.25, 0.3) is 0 Å². The normalized spacial score (nSPS) is 17.5. The first-order valence-electron chi connectivity index (χ1n) is 8.01. The number of hydrogen-bond donors (Lipinski definition) is 1. The molecule has 0 atom stereocenters. The lowest BCUT2D eigenvalue weighted by atomic mass is 10.0. The summed E-state index contributed by atoms with van der Waals surface area (Å²) in [5, 5.41) is 0. The van der Waals surface area contributed by atoms with Crippen LogP contribution in [0.4, 0.5) is 0 Å². The molecular weight excluding hydrogens is 298 g/mol. The van der Waals surface area contributed by atoms with Crippen LogP contribution in [-0.4, -0.2) is 26.5 Å². The summed E-state index contributed by atoms with van der Waals surface area (Å²) in [5.74, 6) is 1.58. The average Bonchev–Trinajstić information content (AvgIpc) is 2.63. The summed E-state index contributed by atoms with van der Waals surface area (Å²) in [6, 6.07) is 5.78. The topological polar surface area (TPSA) is 32.4 Å². The Morgan fingerprint density at radius 1 is 1.00 bits per heavy atom. The zero-order chi connectivity index (χ0) is 17.2. The van der Waals surface area contributed by atoms with E-state index in [0.717, 1.165) is 29.3 Å². The van der Waals surface area contributed by atoms with Crippen molar-refractivity contribution in [3.8, 4) is 11.5 Å². The minimum absolute atomic E-state index is 0.785. The highest BCUT2D eigenvalue weighted by atomic mass is 16.5. The lowest BCUT2D eigenvalue weighted by Crippen LogP contribution is -2.72. The maximum absolute atomic E-state index is 5.39. The molecule has 0 aliphatic heterocycles. The van der Waals surface area contributed by atoms with E-state index in [1.54, 1.807) is 14.2 Å². The maximum atomic E-state index is 5.39. The Bertz CT molecular complexity index is 734. The van der Waals surface area contributed by atoms with Gasteiger partial charge in [0.2, 0.25) is 5.71 Å². The number of nitrogens with one attached hydrogen (secondary N) is 1. The van der Waals surface area contributed by atoms with Gasteiger partial charge in [-0.3, -0.25) is 0 Å². The number of rotatable bonds is 6. The van der Waals surface area contributed by atoms with Crippen LogP contribution in [0.2, 0.25) is 0 Å². The molecule has 24 heavy (non-hydrogen) atoms. The molecule has 0 heterocycles. The molecule has 1 aliphatic rings. The summed E-state index contributed by atoms with van der Waals surface area (Å²) >= 11 is 0. The fourth-order valence-corrected chi connectivity index (χ4v) is 2.33. The van der Waals surface area contributed by atoms with Gasteiger partial charge in [0.05, 0.1) is 14.2 Å². The number of benzene rings is 1. The third kappa shape index (κ3) is 4.85. The molecule has 0 radical (unpaired) electrons. The third-order valence-corrected chi connectivity index (χ3v) is 3.54. The van der Waals surface area contributed by atoms with E-state index in [1.807, 2.05) is 54.7 Å². The lowest BCUT2D eigenvalue weighted by Gasteiger charge is -2.06. The molecule has 0 aromatic heterocycles. The van der Waals surface area contributed by atoms with Crippen molar-refractivity contribution in [2.45, 2.75) is 6.92 Å². The Balaban J connectivity index is 2.07. The monoisotopic (exact) mass is 322 g/mol. The van der Waals surface area contributed by atoms with Crippen molar-refractivity contribution in [1.29, 1.82) is 0 Å². The molecule has 0 saturated carbocycles. The largest absolute Gasteiger partial charge is 0.497 e. The van der Waals surface area contributed by atoms with E-state index < -0.39 is 0 Å². The Labute approximate surface area is 144 Å². The first-order chi connectivity index (χ1) is 11.8. The maximum Gasteiger partial charge on any atom is 0.205 e. The summed E-state index contributed by atoms with van der Waals surface area (Å²) in [6.45, 7) is 3.00. The van der Waals surface area contributed by atoms with Crippen LogP contribution in [0.3, 0.4) is 0 Å². The molecule has 0 amide bonds. The Hall–Kier alpha value is -2.81. The molecule has 2 rings (SSSR count). The van der Waals surface area contributed by atoms with Crippen molar-refractivity contribution < 1.29 is 14.5 Å².